The molecule has 0 amide bonds. The van der Waals surface area contributed by atoms with Crippen molar-refractivity contribution in [1.29, 1.82) is 0 Å². The van der Waals surface area contributed by atoms with Gasteiger partial charge in [0.05, 0.1) is 17.1 Å². The first kappa shape index (κ1) is 14.1. The van der Waals surface area contributed by atoms with E-state index < -0.39 is 4.92 Å². The molecule has 4 rings (SSSR count). The van der Waals surface area contributed by atoms with E-state index in [-0.39, 0.29) is 5.88 Å². The SMILES string of the molecule is O=[N+]([O-])c1ccc(C=Cc2c3ccccc3nc3ccccc23)o1. The number of hydrogen-bond acceptors (Lipinski definition) is 4. The number of pyridine rings is 1. The minimum Gasteiger partial charge on any atom is -0.401 e. The van der Waals surface area contributed by atoms with Crippen molar-refractivity contribution in [3.05, 3.63) is 82.1 Å². The van der Waals surface area contributed by atoms with E-state index in [2.05, 4.69) is 4.98 Å². The highest BCUT2D eigenvalue weighted by Gasteiger charge is 2.10. The Morgan fingerprint density at radius 1 is 0.875 bits per heavy atom. The summed E-state index contributed by atoms with van der Waals surface area (Å²) in [6.45, 7) is 0. The standard InChI is InChI=1S/C19H12N2O3/c22-21(23)19-12-10-13(24-19)9-11-14-15-5-1-3-7-17(15)20-18-8-4-2-6-16(14)18/h1-12H. The lowest BCUT2D eigenvalue weighted by Gasteiger charge is -2.07. The van der Waals surface area contributed by atoms with Crippen LogP contribution in [0.2, 0.25) is 0 Å². The van der Waals surface area contributed by atoms with Crippen LogP contribution in [0.25, 0.3) is 34.0 Å². The monoisotopic (exact) mass is 316 g/mol. The third-order valence-corrected chi connectivity index (χ3v) is 3.84. The summed E-state index contributed by atoms with van der Waals surface area (Å²) in [5.41, 5.74) is 2.82. The fourth-order valence-corrected chi connectivity index (χ4v) is 2.75. The molecule has 2 aromatic heterocycles. The summed E-state index contributed by atoms with van der Waals surface area (Å²) in [6.07, 6.45) is 3.65. The summed E-state index contributed by atoms with van der Waals surface area (Å²) in [4.78, 5) is 14.8. The van der Waals surface area contributed by atoms with Crippen molar-refractivity contribution < 1.29 is 9.34 Å². The lowest BCUT2D eigenvalue weighted by atomic mass is 10.0. The van der Waals surface area contributed by atoms with E-state index in [0.717, 1.165) is 27.4 Å². The average molecular weight is 316 g/mol. The highest BCUT2D eigenvalue weighted by Crippen LogP contribution is 2.28. The largest absolute Gasteiger partial charge is 0.433 e. The van der Waals surface area contributed by atoms with Gasteiger partial charge in [0.25, 0.3) is 0 Å². The molecule has 0 atom stereocenters. The Morgan fingerprint density at radius 2 is 1.50 bits per heavy atom. The van der Waals surface area contributed by atoms with Gasteiger partial charge in [-0.1, -0.05) is 36.4 Å². The van der Waals surface area contributed by atoms with Gasteiger partial charge in [-0.05, 0) is 35.9 Å². The first-order valence-electron chi connectivity index (χ1n) is 7.42. The Hall–Kier alpha value is -3.47. The molecule has 4 aromatic rings. The molecule has 116 valence electrons. The van der Waals surface area contributed by atoms with Crippen LogP contribution in [0.15, 0.2) is 65.1 Å². The third-order valence-electron chi connectivity index (χ3n) is 3.84. The summed E-state index contributed by atoms with van der Waals surface area (Å²) in [6, 6.07) is 18.7. The molecule has 0 spiro atoms. The van der Waals surface area contributed by atoms with Crippen LogP contribution in [0, 0.1) is 10.1 Å². The Bertz CT molecular complexity index is 1040. The Morgan fingerprint density at radius 3 is 2.08 bits per heavy atom. The van der Waals surface area contributed by atoms with E-state index >= 15 is 0 Å². The maximum atomic E-state index is 10.7. The van der Waals surface area contributed by atoms with Crippen LogP contribution < -0.4 is 0 Å². The van der Waals surface area contributed by atoms with E-state index in [1.807, 2.05) is 54.6 Å². The summed E-state index contributed by atoms with van der Waals surface area (Å²) in [5, 5.41) is 12.8. The maximum absolute atomic E-state index is 10.7. The fraction of sp³-hybridized carbons (Fsp3) is 0. The molecule has 0 saturated carbocycles. The average Bonchev–Trinajstić information content (AvgIpc) is 3.08. The van der Waals surface area contributed by atoms with Crippen LogP contribution in [0.1, 0.15) is 11.3 Å². The lowest BCUT2D eigenvalue weighted by molar-refractivity contribution is -0.402. The zero-order valence-corrected chi connectivity index (χ0v) is 12.5. The van der Waals surface area contributed by atoms with Crippen molar-refractivity contribution >= 4 is 39.8 Å². The Balaban J connectivity index is 1.89. The van der Waals surface area contributed by atoms with Crippen molar-refractivity contribution in [1.82, 2.24) is 4.98 Å². The first-order chi connectivity index (χ1) is 11.7. The predicted octanol–water partition coefficient (Wildman–Crippen LogP) is 5.06. The van der Waals surface area contributed by atoms with Crippen LogP contribution in [-0.2, 0) is 0 Å². The molecule has 0 unspecified atom stereocenters. The number of aromatic nitrogens is 1. The molecule has 2 heterocycles. The molecule has 2 aromatic carbocycles. The molecule has 0 radical (unpaired) electrons. The van der Waals surface area contributed by atoms with Crippen molar-refractivity contribution in [2.75, 3.05) is 0 Å². The van der Waals surface area contributed by atoms with Crippen molar-refractivity contribution in [3.63, 3.8) is 0 Å². The number of para-hydroxylation sites is 2. The highest BCUT2D eigenvalue weighted by molar-refractivity contribution is 6.04. The van der Waals surface area contributed by atoms with Gasteiger partial charge in [0.15, 0.2) is 0 Å². The van der Waals surface area contributed by atoms with Crippen LogP contribution in [-0.4, -0.2) is 9.91 Å². The lowest BCUT2D eigenvalue weighted by Crippen LogP contribution is -1.87. The van der Waals surface area contributed by atoms with Gasteiger partial charge < -0.3 is 4.42 Å². The second kappa shape index (κ2) is 5.62. The third kappa shape index (κ3) is 2.42. The van der Waals surface area contributed by atoms with Crippen LogP contribution >= 0.6 is 0 Å². The minimum absolute atomic E-state index is 0.265. The minimum atomic E-state index is -0.547. The molecule has 5 heteroatoms. The molecule has 0 aliphatic rings. The fourth-order valence-electron chi connectivity index (χ4n) is 2.75. The Kier molecular flexibility index (Phi) is 3.31. The van der Waals surface area contributed by atoms with Crippen LogP contribution in [0.4, 0.5) is 5.88 Å². The van der Waals surface area contributed by atoms with Gasteiger partial charge in [0.2, 0.25) is 0 Å². The van der Waals surface area contributed by atoms with E-state index in [1.54, 1.807) is 12.1 Å². The van der Waals surface area contributed by atoms with Gasteiger partial charge in [-0.15, -0.1) is 0 Å². The molecule has 5 nitrogen and oxygen atoms in total. The number of rotatable bonds is 3. The van der Waals surface area contributed by atoms with E-state index in [9.17, 15) is 10.1 Å². The topological polar surface area (TPSA) is 69.2 Å². The van der Waals surface area contributed by atoms with Gasteiger partial charge in [0.1, 0.15) is 10.7 Å². The van der Waals surface area contributed by atoms with Gasteiger partial charge in [-0.2, -0.15) is 0 Å². The summed E-state index contributed by atoms with van der Waals surface area (Å²) in [5.74, 6) is 0.172. The van der Waals surface area contributed by atoms with E-state index in [4.69, 9.17) is 4.42 Å². The molecule has 24 heavy (non-hydrogen) atoms. The second-order valence-electron chi connectivity index (χ2n) is 5.33. The number of fused-ring (bicyclic) bond motifs is 2. The normalized spacial score (nSPS) is 11.5. The zero-order chi connectivity index (χ0) is 16.5. The molecule has 0 aliphatic carbocycles. The maximum Gasteiger partial charge on any atom is 0.433 e. The summed E-state index contributed by atoms with van der Waals surface area (Å²) >= 11 is 0. The molecule has 0 aliphatic heterocycles. The van der Waals surface area contributed by atoms with Crippen molar-refractivity contribution in [3.8, 4) is 0 Å². The quantitative estimate of drug-likeness (QED) is 0.301. The van der Waals surface area contributed by atoms with Gasteiger partial charge in [-0.25, -0.2) is 4.98 Å². The molecular weight excluding hydrogens is 304 g/mol. The van der Waals surface area contributed by atoms with Gasteiger partial charge >= 0.3 is 5.88 Å². The summed E-state index contributed by atoms with van der Waals surface area (Å²) < 4.78 is 5.19. The molecule has 0 saturated heterocycles. The summed E-state index contributed by atoms with van der Waals surface area (Å²) in [7, 11) is 0. The molecule has 0 N–H and O–H groups in total. The molecular formula is C19H12N2O3. The molecule has 0 bridgehead atoms. The van der Waals surface area contributed by atoms with E-state index in [0.29, 0.717) is 5.76 Å². The first-order valence-corrected chi connectivity index (χ1v) is 7.42. The van der Waals surface area contributed by atoms with Gasteiger partial charge in [-0.3, -0.25) is 10.1 Å². The van der Waals surface area contributed by atoms with Gasteiger partial charge in [0, 0.05) is 10.8 Å². The van der Waals surface area contributed by atoms with E-state index in [1.165, 1.54) is 6.07 Å². The van der Waals surface area contributed by atoms with Crippen LogP contribution in [0.5, 0.6) is 0 Å². The number of furan rings is 1. The van der Waals surface area contributed by atoms with Crippen molar-refractivity contribution in [2.45, 2.75) is 0 Å². The number of nitro groups is 1. The smallest absolute Gasteiger partial charge is 0.401 e. The predicted molar refractivity (Wildman–Crippen MR) is 93.5 cm³/mol. The van der Waals surface area contributed by atoms with Crippen molar-refractivity contribution in [2.24, 2.45) is 0 Å². The van der Waals surface area contributed by atoms with Crippen LogP contribution in [0.3, 0.4) is 0 Å². The second-order valence-corrected chi connectivity index (χ2v) is 5.33. The number of benzene rings is 2. The number of hydrogen-bond donors (Lipinski definition) is 0. The zero-order valence-electron chi connectivity index (χ0n) is 12.5. The Labute approximate surface area is 137 Å². The highest BCUT2D eigenvalue weighted by atomic mass is 16.6. The number of nitrogens with zero attached hydrogens (tertiary/aromatic N) is 2. The molecule has 0 fully saturated rings.